The monoisotopic (exact) mass is 485 g/mol. The number of carbonyl (C=O) groups excluding carboxylic acids is 1. The van der Waals surface area contributed by atoms with Gasteiger partial charge in [0.15, 0.2) is 0 Å². The summed E-state index contributed by atoms with van der Waals surface area (Å²) in [4.78, 5) is 14.3. The molecule has 1 unspecified atom stereocenters. The average molecular weight is 486 g/mol. The maximum atomic E-state index is 14.6. The maximum absolute atomic E-state index is 14.6. The zero-order valence-electron chi connectivity index (χ0n) is 16.6. The highest BCUT2D eigenvalue weighted by Gasteiger charge is 2.33. The number of hydrogen-bond acceptors (Lipinski definition) is 5. The summed E-state index contributed by atoms with van der Waals surface area (Å²) in [7, 11) is -2.06. The summed E-state index contributed by atoms with van der Waals surface area (Å²) < 4.78 is 31.6. The lowest BCUT2D eigenvalue weighted by atomic mass is 9.97. The standard InChI is InChI=1S/C21H20Cl2FN2O4S/c1-31(29)26(28)21(27)19-8-18(12-2-3-12)13(4-20(19)24)9-25-10-17(11-25)30-16-6-14(22)5-15(23)7-16/h4-8,12,17H,2-3,9-11H2,1H3/q-1. The van der Waals surface area contributed by atoms with Gasteiger partial charge in [0.05, 0.1) is 5.56 Å². The molecule has 166 valence electrons. The molecule has 31 heavy (non-hydrogen) atoms. The van der Waals surface area contributed by atoms with Crippen LogP contribution >= 0.6 is 23.2 Å². The molecule has 1 saturated heterocycles. The van der Waals surface area contributed by atoms with E-state index in [4.69, 9.17) is 27.9 Å². The molecule has 1 aliphatic heterocycles. The largest absolute Gasteiger partial charge is 0.744 e. The third-order valence-corrected chi connectivity index (χ3v) is 6.40. The molecule has 0 N–H and O–H groups in total. The van der Waals surface area contributed by atoms with E-state index in [-0.39, 0.29) is 22.1 Å². The SMILES string of the molecule is CS(=O)N([O-])C(=O)c1cc(C2CC2)c(CN2CC(Oc3cc(Cl)cc(Cl)c3)C2)cc1F. The lowest BCUT2D eigenvalue weighted by Gasteiger charge is -2.39. The molecule has 1 saturated carbocycles. The highest BCUT2D eigenvalue weighted by molar-refractivity contribution is 7.82. The van der Waals surface area contributed by atoms with Crippen LogP contribution in [0.5, 0.6) is 5.75 Å². The number of carbonyl (C=O) groups is 1. The van der Waals surface area contributed by atoms with Crippen molar-refractivity contribution in [3.05, 3.63) is 68.1 Å². The molecule has 6 nitrogen and oxygen atoms in total. The van der Waals surface area contributed by atoms with Crippen molar-refractivity contribution in [2.24, 2.45) is 0 Å². The average Bonchev–Trinajstić information content (AvgIpc) is 3.49. The van der Waals surface area contributed by atoms with E-state index in [1.165, 1.54) is 12.1 Å². The number of ether oxygens (including phenoxy) is 1. The van der Waals surface area contributed by atoms with Crippen molar-refractivity contribution in [2.75, 3.05) is 19.3 Å². The molecule has 0 bridgehead atoms. The molecule has 4 rings (SSSR count). The minimum absolute atomic E-state index is 0.0295. The number of hydroxylamine groups is 1. The van der Waals surface area contributed by atoms with Crippen molar-refractivity contribution in [2.45, 2.75) is 31.4 Å². The van der Waals surface area contributed by atoms with Gasteiger partial charge in [0.25, 0.3) is 5.91 Å². The van der Waals surface area contributed by atoms with Crippen LogP contribution in [-0.4, -0.2) is 44.9 Å². The summed E-state index contributed by atoms with van der Waals surface area (Å²) in [5, 5.41) is 12.7. The first kappa shape index (κ1) is 22.5. The summed E-state index contributed by atoms with van der Waals surface area (Å²) in [5.74, 6) is -1.05. The van der Waals surface area contributed by atoms with Gasteiger partial charge in [-0.05, 0) is 60.2 Å². The molecule has 1 aliphatic carbocycles. The van der Waals surface area contributed by atoms with Gasteiger partial charge in [-0.1, -0.05) is 23.2 Å². The molecule has 0 aromatic heterocycles. The van der Waals surface area contributed by atoms with Crippen LogP contribution in [0.3, 0.4) is 0 Å². The van der Waals surface area contributed by atoms with Crippen LogP contribution in [0.4, 0.5) is 4.39 Å². The molecule has 10 heteroatoms. The van der Waals surface area contributed by atoms with E-state index in [9.17, 15) is 18.6 Å². The Kier molecular flexibility index (Phi) is 6.55. The zero-order valence-corrected chi connectivity index (χ0v) is 19.0. The van der Waals surface area contributed by atoms with Gasteiger partial charge >= 0.3 is 0 Å². The first-order valence-corrected chi connectivity index (χ1v) is 12.0. The van der Waals surface area contributed by atoms with Gasteiger partial charge < -0.3 is 14.4 Å². The smallest absolute Gasteiger partial charge is 0.258 e. The number of likely N-dealkylation sites (tertiary alicyclic amines) is 1. The van der Waals surface area contributed by atoms with Crippen molar-refractivity contribution in [3.8, 4) is 5.75 Å². The summed E-state index contributed by atoms with van der Waals surface area (Å²) in [6.45, 7) is 1.81. The molecule has 0 radical (unpaired) electrons. The quantitative estimate of drug-likeness (QED) is 0.539. The van der Waals surface area contributed by atoms with Crippen LogP contribution in [0.1, 0.15) is 40.2 Å². The summed E-state index contributed by atoms with van der Waals surface area (Å²) in [6.07, 6.45) is 2.96. The van der Waals surface area contributed by atoms with Gasteiger partial charge in [0.1, 0.15) is 28.7 Å². The first-order chi connectivity index (χ1) is 14.7. The van der Waals surface area contributed by atoms with Crippen molar-refractivity contribution < 1.29 is 18.1 Å². The third-order valence-electron chi connectivity index (χ3n) is 5.33. The van der Waals surface area contributed by atoms with E-state index >= 15 is 0 Å². The predicted octanol–water partition coefficient (Wildman–Crippen LogP) is 4.51. The van der Waals surface area contributed by atoms with Gasteiger partial charge in [0.2, 0.25) is 0 Å². The number of halogens is 3. The normalized spacial score (nSPS) is 17.8. The van der Waals surface area contributed by atoms with E-state index < -0.39 is 22.7 Å². The molecular formula is C21H20Cl2FN2O4S-. The first-order valence-electron chi connectivity index (χ1n) is 9.74. The molecule has 1 atom stereocenters. The lowest BCUT2D eigenvalue weighted by Crippen LogP contribution is -2.53. The van der Waals surface area contributed by atoms with E-state index in [1.54, 1.807) is 18.2 Å². The second-order valence-corrected chi connectivity index (χ2v) is 9.88. The minimum atomic E-state index is -2.06. The number of rotatable bonds is 7. The predicted molar refractivity (Wildman–Crippen MR) is 118 cm³/mol. The van der Waals surface area contributed by atoms with E-state index in [0.717, 1.165) is 30.2 Å². The molecule has 2 aromatic rings. The minimum Gasteiger partial charge on any atom is -0.744 e. The van der Waals surface area contributed by atoms with Crippen molar-refractivity contribution >= 4 is 40.1 Å². The second-order valence-electron chi connectivity index (χ2n) is 7.83. The van der Waals surface area contributed by atoms with Crippen LogP contribution < -0.4 is 4.74 Å². The van der Waals surface area contributed by atoms with Crippen LogP contribution in [0.15, 0.2) is 30.3 Å². The number of amides is 1. The van der Waals surface area contributed by atoms with Crippen molar-refractivity contribution in [3.63, 3.8) is 0 Å². The van der Waals surface area contributed by atoms with Crippen LogP contribution in [0, 0.1) is 11.0 Å². The molecule has 1 heterocycles. The highest BCUT2D eigenvalue weighted by Crippen LogP contribution is 2.43. The number of hydrogen-bond donors (Lipinski definition) is 0. The Morgan fingerprint density at radius 1 is 1.23 bits per heavy atom. The summed E-state index contributed by atoms with van der Waals surface area (Å²) in [6, 6.07) is 7.81. The van der Waals surface area contributed by atoms with Gasteiger partial charge in [-0.2, -0.15) is 0 Å². The van der Waals surface area contributed by atoms with E-state index in [0.29, 0.717) is 35.4 Å². The fraction of sp³-hybridized carbons (Fsp3) is 0.381. The van der Waals surface area contributed by atoms with E-state index in [1.807, 2.05) is 0 Å². The molecule has 2 fully saturated rings. The van der Waals surface area contributed by atoms with Crippen LogP contribution in [-0.2, 0) is 17.5 Å². The lowest BCUT2D eigenvalue weighted by molar-refractivity contribution is 0.0144. The Balaban J connectivity index is 1.44. The molecule has 2 aromatic carbocycles. The Morgan fingerprint density at radius 2 is 1.87 bits per heavy atom. The molecular weight excluding hydrogens is 466 g/mol. The summed E-state index contributed by atoms with van der Waals surface area (Å²) >= 11 is 12.0. The Morgan fingerprint density at radius 3 is 2.45 bits per heavy atom. The van der Waals surface area contributed by atoms with Crippen molar-refractivity contribution in [1.29, 1.82) is 0 Å². The summed E-state index contributed by atoms with van der Waals surface area (Å²) in [5.41, 5.74) is 1.32. The van der Waals surface area contributed by atoms with Crippen molar-refractivity contribution in [1.82, 2.24) is 9.37 Å². The Bertz CT molecular complexity index is 1020. The van der Waals surface area contributed by atoms with Gasteiger partial charge in [-0.25, -0.2) is 8.60 Å². The maximum Gasteiger partial charge on any atom is 0.258 e. The number of nitrogens with zero attached hydrogens (tertiary/aromatic N) is 2. The molecule has 1 amide bonds. The third kappa shape index (κ3) is 5.21. The fourth-order valence-electron chi connectivity index (χ4n) is 3.68. The zero-order chi connectivity index (χ0) is 22.3. The number of benzene rings is 2. The Labute approximate surface area is 192 Å². The molecule has 0 spiro atoms. The fourth-order valence-corrected chi connectivity index (χ4v) is 4.52. The van der Waals surface area contributed by atoms with Gasteiger partial charge in [0, 0.05) is 35.9 Å². The highest BCUT2D eigenvalue weighted by atomic mass is 35.5. The van der Waals surface area contributed by atoms with Crippen LogP contribution in [0.25, 0.3) is 0 Å². The molecule has 2 aliphatic rings. The van der Waals surface area contributed by atoms with Gasteiger partial charge in [-0.15, -0.1) is 0 Å². The van der Waals surface area contributed by atoms with Gasteiger partial charge in [-0.3, -0.25) is 9.69 Å². The Hall–Kier alpha value is -1.71. The van der Waals surface area contributed by atoms with E-state index in [2.05, 4.69) is 4.90 Å². The second kappa shape index (κ2) is 9.03. The topological polar surface area (TPSA) is 72.9 Å². The van der Waals surface area contributed by atoms with Crippen LogP contribution in [0.2, 0.25) is 10.0 Å².